The van der Waals surface area contributed by atoms with Crippen molar-refractivity contribution in [1.29, 1.82) is 0 Å². The number of rotatable bonds is 4. The van der Waals surface area contributed by atoms with Gasteiger partial charge in [0.05, 0.1) is 17.2 Å². The molecule has 3 N–H and O–H groups in total. The first-order chi connectivity index (χ1) is 15.6. The predicted molar refractivity (Wildman–Crippen MR) is 126 cm³/mol. The molecule has 0 aliphatic heterocycles. The number of para-hydroxylation sites is 2. The molecule has 9 heteroatoms. The second kappa shape index (κ2) is 8.09. The van der Waals surface area contributed by atoms with Crippen LogP contribution in [0.1, 0.15) is 15.9 Å². The summed E-state index contributed by atoms with van der Waals surface area (Å²) < 4.78 is 1.42. The molecular formula is C23H16ClN7O. The van der Waals surface area contributed by atoms with Gasteiger partial charge in [-0.25, -0.2) is 9.97 Å². The molecule has 0 saturated carbocycles. The van der Waals surface area contributed by atoms with Gasteiger partial charge in [0.25, 0.3) is 5.91 Å². The number of carbonyl (C=O) groups excluding carboxylic acids is 1. The normalized spacial score (nSPS) is 11.4. The lowest BCUT2D eigenvalue weighted by Gasteiger charge is -2.05. The lowest BCUT2D eigenvalue weighted by molar-refractivity contribution is 0.102. The Labute approximate surface area is 187 Å². The van der Waals surface area contributed by atoms with Crippen LogP contribution in [0.3, 0.4) is 0 Å². The zero-order chi connectivity index (χ0) is 22.1. The van der Waals surface area contributed by atoms with Crippen LogP contribution in [0.4, 0.5) is 11.5 Å². The van der Waals surface area contributed by atoms with Crippen molar-refractivity contribution >= 4 is 57.4 Å². The zero-order valence-electron chi connectivity index (χ0n) is 16.6. The summed E-state index contributed by atoms with van der Waals surface area (Å²) in [6, 6.07) is 17.8. The topological polar surface area (TPSA) is 111 Å². The molecule has 0 spiro atoms. The average Bonchev–Trinajstić information content (AvgIpc) is 3.08. The molecule has 3 aromatic heterocycles. The maximum Gasteiger partial charge on any atom is 0.261 e. The molecular weight excluding hydrogens is 426 g/mol. The highest BCUT2D eigenvalue weighted by Crippen LogP contribution is 2.28. The summed E-state index contributed by atoms with van der Waals surface area (Å²) >= 11 is 5.94. The van der Waals surface area contributed by atoms with Gasteiger partial charge in [-0.15, -0.1) is 0 Å². The first-order valence-corrected chi connectivity index (χ1v) is 10.1. The number of hydrogen-bond acceptors (Lipinski definition) is 6. The molecule has 5 aromatic rings. The summed E-state index contributed by atoms with van der Waals surface area (Å²) in [6.45, 7) is 0. The van der Waals surface area contributed by atoms with E-state index in [1.807, 2.05) is 30.3 Å². The van der Waals surface area contributed by atoms with Gasteiger partial charge in [-0.05, 0) is 42.5 Å². The Bertz CT molecular complexity index is 1480. The maximum atomic E-state index is 13.2. The Morgan fingerprint density at radius 1 is 1.03 bits per heavy atom. The van der Waals surface area contributed by atoms with Crippen LogP contribution in [0.5, 0.6) is 0 Å². The second-order valence-electron chi connectivity index (χ2n) is 6.95. The van der Waals surface area contributed by atoms with Crippen LogP contribution in [0.15, 0.2) is 78.2 Å². The van der Waals surface area contributed by atoms with Gasteiger partial charge in [0, 0.05) is 28.7 Å². The number of carbonyl (C=O) groups is 1. The Balaban J connectivity index is 1.66. The second-order valence-corrected chi connectivity index (χ2v) is 7.38. The minimum Gasteiger partial charge on any atom is -0.383 e. The molecule has 3 heterocycles. The van der Waals surface area contributed by atoms with Gasteiger partial charge in [0.15, 0.2) is 5.65 Å². The van der Waals surface area contributed by atoms with Gasteiger partial charge in [-0.3, -0.25) is 9.78 Å². The lowest BCUT2D eigenvalue weighted by Crippen LogP contribution is -2.14. The van der Waals surface area contributed by atoms with E-state index in [1.54, 1.807) is 48.9 Å². The lowest BCUT2D eigenvalue weighted by atomic mass is 10.2. The Morgan fingerprint density at radius 2 is 1.78 bits per heavy atom. The highest BCUT2D eigenvalue weighted by molar-refractivity contribution is 6.30. The average molecular weight is 442 g/mol. The number of nitrogens with zero attached hydrogens (tertiary/aromatic N) is 5. The van der Waals surface area contributed by atoms with Crippen molar-refractivity contribution in [3.05, 3.63) is 89.2 Å². The van der Waals surface area contributed by atoms with Crippen LogP contribution in [0.2, 0.25) is 5.02 Å². The van der Waals surface area contributed by atoms with E-state index >= 15 is 0 Å². The van der Waals surface area contributed by atoms with Crippen LogP contribution in [0.25, 0.3) is 22.2 Å². The third-order valence-corrected chi connectivity index (χ3v) is 5.06. The molecule has 0 bridgehead atoms. The fourth-order valence-corrected chi connectivity index (χ4v) is 3.42. The maximum absolute atomic E-state index is 13.2. The molecule has 0 aliphatic carbocycles. The van der Waals surface area contributed by atoms with Crippen molar-refractivity contribution in [1.82, 2.24) is 19.6 Å². The number of nitrogens with two attached hydrogens (primary N) is 1. The van der Waals surface area contributed by atoms with Crippen molar-refractivity contribution in [3.63, 3.8) is 0 Å². The summed E-state index contributed by atoms with van der Waals surface area (Å²) in [7, 11) is 0. The monoisotopic (exact) mass is 441 g/mol. The van der Waals surface area contributed by atoms with Crippen LogP contribution in [-0.4, -0.2) is 31.7 Å². The quantitative estimate of drug-likeness (QED) is 0.403. The molecule has 0 fully saturated rings. The summed E-state index contributed by atoms with van der Waals surface area (Å²) in [4.78, 5) is 26.6. The van der Waals surface area contributed by atoms with E-state index in [2.05, 4.69) is 25.4 Å². The van der Waals surface area contributed by atoms with Gasteiger partial charge in [0.1, 0.15) is 16.9 Å². The first-order valence-electron chi connectivity index (χ1n) is 9.68. The number of benzene rings is 2. The number of hydrogen-bond donors (Lipinski definition) is 2. The molecule has 0 aliphatic rings. The molecule has 2 aromatic carbocycles. The zero-order valence-corrected chi connectivity index (χ0v) is 17.4. The molecule has 32 heavy (non-hydrogen) atoms. The van der Waals surface area contributed by atoms with E-state index in [4.69, 9.17) is 17.3 Å². The summed E-state index contributed by atoms with van der Waals surface area (Å²) in [5.41, 5.74) is 9.98. The highest BCUT2D eigenvalue weighted by atomic mass is 35.5. The minimum atomic E-state index is -0.422. The fourth-order valence-electron chi connectivity index (χ4n) is 3.29. The Hall–Kier alpha value is -4.30. The first kappa shape index (κ1) is 19.7. The number of pyridine rings is 1. The molecule has 1 amide bonds. The third-order valence-electron chi connectivity index (χ3n) is 4.81. The van der Waals surface area contributed by atoms with E-state index in [-0.39, 0.29) is 11.4 Å². The number of halogens is 1. The molecule has 0 radical (unpaired) electrons. The molecule has 8 nitrogen and oxygen atoms in total. The molecule has 156 valence electrons. The van der Waals surface area contributed by atoms with Crippen LogP contribution < -0.4 is 11.1 Å². The van der Waals surface area contributed by atoms with E-state index in [0.717, 1.165) is 5.56 Å². The van der Waals surface area contributed by atoms with Gasteiger partial charge >= 0.3 is 0 Å². The van der Waals surface area contributed by atoms with Crippen molar-refractivity contribution in [2.75, 3.05) is 11.1 Å². The number of anilines is 2. The standard InChI is InChI=1S/C23H16ClN7O/c24-15-7-9-16(10-8-15)28-23(32)19-20-22(30-18-6-2-1-5-17(18)29-20)31(21(19)25)27-13-14-4-3-11-26-12-14/h1-13H,25H2,(H,28,32)/b27-13-. The number of aromatic nitrogens is 4. The van der Waals surface area contributed by atoms with E-state index < -0.39 is 5.91 Å². The van der Waals surface area contributed by atoms with E-state index in [1.165, 1.54) is 4.68 Å². The summed E-state index contributed by atoms with van der Waals surface area (Å²) in [5, 5.41) is 7.86. The van der Waals surface area contributed by atoms with Crippen LogP contribution in [-0.2, 0) is 0 Å². The number of nitrogen functional groups attached to an aromatic ring is 1. The summed E-state index contributed by atoms with van der Waals surface area (Å²) in [6.07, 6.45) is 4.94. The highest BCUT2D eigenvalue weighted by Gasteiger charge is 2.24. The Morgan fingerprint density at radius 3 is 2.50 bits per heavy atom. The van der Waals surface area contributed by atoms with Crippen LogP contribution in [0, 0.1) is 0 Å². The molecule has 0 saturated heterocycles. The predicted octanol–water partition coefficient (Wildman–Crippen LogP) is 4.35. The molecule has 0 unspecified atom stereocenters. The fraction of sp³-hybridized carbons (Fsp3) is 0. The van der Waals surface area contributed by atoms with Gasteiger partial charge in [-0.1, -0.05) is 29.8 Å². The molecule has 5 rings (SSSR count). The number of fused-ring (bicyclic) bond motifs is 2. The largest absolute Gasteiger partial charge is 0.383 e. The van der Waals surface area contributed by atoms with Gasteiger partial charge in [0.2, 0.25) is 0 Å². The summed E-state index contributed by atoms with van der Waals surface area (Å²) in [5.74, 6) is -0.295. The smallest absolute Gasteiger partial charge is 0.261 e. The van der Waals surface area contributed by atoms with Crippen molar-refractivity contribution < 1.29 is 4.79 Å². The van der Waals surface area contributed by atoms with Gasteiger partial charge < -0.3 is 11.1 Å². The Kier molecular flexibility index (Phi) is 4.97. The molecule has 0 atom stereocenters. The van der Waals surface area contributed by atoms with Gasteiger partial charge in [-0.2, -0.15) is 9.78 Å². The van der Waals surface area contributed by atoms with Crippen molar-refractivity contribution in [2.45, 2.75) is 0 Å². The van der Waals surface area contributed by atoms with Crippen molar-refractivity contribution in [2.24, 2.45) is 5.10 Å². The number of nitrogens with one attached hydrogen (secondary N) is 1. The van der Waals surface area contributed by atoms with E-state index in [0.29, 0.717) is 32.9 Å². The number of amides is 1. The van der Waals surface area contributed by atoms with Crippen LogP contribution >= 0.6 is 11.6 Å². The third kappa shape index (κ3) is 3.63. The van der Waals surface area contributed by atoms with Crippen molar-refractivity contribution in [3.8, 4) is 0 Å². The minimum absolute atomic E-state index is 0.127. The van der Waals surface area contributed by atoms with E-state index in [9.17, 15) is 4.79 Å². The SMILES string of the molecule is Nc1c(C(=O)Nc2ccc(Cl)cc2)c2nc3ccccc3nc2n1/N=C\c1cccnc1.